The van der Waals surface area contributed by atoms with Crippen molar-refractivity contribution in [3.63, 3.8) is 0 Å². The van der Waals surface area contributed by atoms with E-state index >= 15 is 0 Å². The van der Waals surface area contributed by atoms with Crippen molar-refractivity contribution >= 4 is 17.6 Å². The number of carbonyl (C=O) groups is 2. The first kappa shape index (κ1) is 11.6. The van der Waals surface area contributed by atoms with Gasteiger partial charge in [0.1, 0.15) is 5.82 Å². The molecular weight excluding hydrogens is 240 g/mol. The van der Waals surface area contributed by atoms with Gasteiger partial charge in [-0.25, -0.2) is 9.88 Å². The summed E-state index contributed by atoms with van der Waals surface area (Å²) in [4.78, 5) is 30.0. The molecule has 94 valence electrons. The van der Waals surface area contributed by atoms with Gasteiger partial charge in [0.15, 0.2) is 0 Å². The maximum atomic E-state index is 12.3. The van der Waals surface area contributed by atoms with Crippen molar-refractivity contribution in [1.29, 1.82) is 0 Å². The highest BCUT2D eigenvalue weighted by Crippen LogP contribution is 2.27. The van der Waals surface area contributed by atoms with E-state index < -0.39 is 0 Å². The molecule has 0 spiro atoms. The molecule has 1 aliphatic heterocycles. The zero-order valence-corrected chi connectivity index (χ0v) is 10.7. The molecule has 3 rings (SSSR count). The van der Waals surface area contributed by atoms with Crippen LogP contribution in [0.5, 0.6) is 0 Å². The Hall–Kier alpha value is -2.49. The zero-order chi connectivity index (χ0) is 13.6. The Morgan fingerprint density at radius 2 is 1.53 bits per heavy atom. The first-order valence-electron chi connectivity index (χ1n) is 6.01. The Labute approximate surface area is 110 Å². The second-order valence-corrected chi connectivity index (χ2v) is 4.64. The van der Waals surface area contributed by atoms with Crippen LogP contribution in [0.3, 0.4) is 0 Å². The van der Waals surface area contributed by atoms with E-state index in [4.69, 9.17) is 0 Å². The van der Waals surface area contributed by atoms with E-state index in [0.717, 1.165) is 16.2 Å². The molecule has 2 aromatic rings. The van der Waals surface area contributed by atoms with Crippen LogP contribution in [0.4, 0.5) is 5.82 Å². The number of aromatic nitrogens is 1. The van der Waals surface area contributed by atoms with Crippen LogP contribution in [-0.2, 0) is 0 Å². The second kappa shape index (κ2) is 4.02. The van der Waals surface area contributed by atoms with Crippen molar-refractivity contribution in [3.8, 4) is 0 Å². The minimum atomic E-state index is -0.307. The van der Waals surface area contributed by atoms with Gasteiger partial charge in [0.05, 0.1) is 11.1 Å². The van der Waals surface area contributed by atoms with E-state index in [0.29, 0.717) is 16.9 Å². The molecule has 0 aliphatic carbocycles. The first-order valence-corrected chi connectivity index (χ1v) is 6.01. The molecule has 0 N–H and O–H groups in total. The van der Waals surface area contributed by atoms with Crippen molar-refractivity contribution in [2.24, 2.45) is 0 Å². The molecule has 2 amide bonds. The van der Waals surface area contributed by atoms with Gasteiger partial charge in [-0.1, -0.05) is 12.1 Å². The van der Waals surface area contributed by atoms with Crippen LogP contribution < -0.4 is 4.90 Å². The van der Waals surface area contributed by atoms with Gasteiger partial charge >= 0.3 is 0 Å². The van der Waals surface area contributed by atoms with Gasteiger partial charge in [0.2, 0.25) is 0 Å². The third-order valence-electron chi connectivity index (χ3n) is 3.11. The highest BCUT2D eigenvalue weighted by Gasteiger charge is 2.37. The number of pyridine rings is 1. The predicted octanol–water partition coefficient (Wildman–Crippen LogP) is 2.50. The summed E-state index contributed by atoms with van der Waals surface area (Å²) >= 11 is 0. The fraction of sp³-hybridized carbons (Fsp3) is 0.133. The standard InChI is InChI=1S/C15H12N2O2/c1-9-7-10(2)16-13(8-9)17-14(18)11-5-3-4-6-12(11)15(17)19/h3-8H,1-2H3. The number of hydrogen-bond acceptors (Lipinski definition) is 3. The normalized spacial score (nSPS) is 13.9. The summed E-state index contributed by atoms with van der Waals surface area (Å²) in [6, 6.07) is 10.5. The molecule has 0 unspecified atom stereocenters. The molecule has 4 heteroatoms. The number of amides is 2. The Morgan fingerprint density at radius 1 is 0.947 bits per heavy atom. The smallest absolute Gasteiger partial charge is 0.267 e. The maximum absolute atomic E-state index is 12.3. The van der Waals surface area contributed by atoms with Crippen molar-refractivity contribution in [3.05, 3.63) is 58.8 Å². The van der Waals surface area contributed by atoms with E-state index in [2.05, 4.69) is 4.98 Å². The molecule has 4 nitrogen and oxygen atoms in total. The molecule has 0 atom stereocenters. The van der Waals surface area contributed by atoms with Gasteiger partial charge in [-0.05, 0) is 43.7 Å². The summed E-state index contributed by atoms with van der Waals surface area (Å²) in [5.74, 6) is -0.222. The third kappa shape index (κ3) is 1.73. The lowest BCUT2D eigenvalue weighted by Crippen LogP contribution is -2.30. The number of fused-ring (bicyclic) bond motifs is 1. The summed E-state index contributed by atoms with van der Waals surface area (Å²) in [7, 11) is 0. The topological polar surface area (TPSA) is 50.3 Å². The van der Waals surface area contributed by atoms with Gasteiger partial charge in [-0.15, -0.1) is 0 Å². The van der Waals surface area contributed by atoms with Crippen molar-refractivity contribution in [2.75, 3.05) is 4.90 Å². The Bertz CT molecular complexity index is 652. The number of rotatable bonds is 1. The Morgan fingerprint density at radius 3 is 2.05 bits per heavy atom. The fourth-order valence-electron chi connectivity index (χ4n) is 2.33. The third-order valence-corrected chi connectivity index (χ3v) is 3.11. The molecule has 19 heavy (non-hydrogen) atoms. The Balaban J connectivity index is 2.14. The maximum Gasteiger partial charge on any atom is 0.267 e. The van der Waals surface area contributed by atoms with Crippen LogP contribution in [-0.4, -0.2) is 16.8 Å². The van der Waals surface area contributed by atoms with Crippen LogP contribution in [0.2, 0.25) is 0 Å². The second-order valence-electron chi connectivity index (χ2n) is 4.64. The zero-order valence-electron chi connectivity index (χ0n) is 10.7. The molecular formula is C15H12N2O2. The minimum absolute atomic E-state index is 0.307. The van der Waals surface area contributed by atoms with Crippen molar-refractivity contribution in [2.45, 2.75) is 13.8 Å². The van der Waals surface area contributed by atoms with E-state index in [9.17, 15) is 9.59 Å². The quantitative estimate of drug-likeness (QED) is 0.733. The van der Waals surface area contributed by atoms with E-state index in [1.807, 2.05) is 19.9 Å². The number of hydrogen-bond donors (Lipinski definition) is 0. The van der Waals surface area contributed by atoms with Crippen LogP contribution in [0, 0.1) is 13.8 Å². The summed E-state index contributed by atoms with van der Waals surface area (Å²) in [5.41, 5.74) is 2.63. The lowest BCUT2D eigenvalue weighted by molar-refractivity contribution is 0.0925. The summed E-state index contributed by atoms with van der Waals surface area (Å²) < 4.78 is 0. The van der Waals surface area contributed by atoms with Gasteiger partial charge < -0.3 is 0 Å². The van der Waals surface area contributed by atoms with Crippen LogP contribution in [0.1, 0.15) is 32.0 Å². The molecule has 0 radical (unpaired) electrons. The Kier molecular flexibility index (Phi) is 2.45. The number of nitrogens with zero attached hydrogens (tertiary/aromatic N) is 2. The van der Waals surface area contributed by atoms with E-state index in [1.54, 1.807) is 30.3 Å². The van der Waals surface area contributed by atoms with E-state index in [1.165, 1.54) is 0 Å². The van der Waals surface area contributed by atoms with E-state index in [-0.39, 0.29) is 11.8 Å². The number of carbonyl (C=O) groups excluding carboxylic acids is 2. The lowest BCUT2D eigenvalue weighted by atomic mass is 10.1. The van der Waals surface area contributed by atoms with Gasteiger partial charge in [0.25, 0.3) is 11.8 Å². The van der Waals surface area contributed by atoms with Gasteiger partial charge in [0, 0.05) is 5.69 Å². The van der Waals surface area contributed by atoms with Crippen LogP contribution in [0.25, 0.3) is 0 Å². The van der Waals surface area contributed by atoms with Gasteiger partial charge in [-0.3, -0.25) is 9.59 Å². The predicted molar refractivity (Wildman–Crippen MR) is 71.3 cm³/mol. The molecule has 0 fully saturated rings. The highest BCUT2D eigenvalue weighted by atomic mass is 16.2. The molecule has 1 aromatic carbocycles. The molecule has 0 bridgehead atoms. The number of imide groups is 1. The summed E-state index contributed by atoms with van der Waals surface area (Å²) in [6.45, 7) is 3.75. The average Bonchev–Trinajstić information content (AvgIpc) is 2.61. The summed E-state index contributed by atoms with van der Waals surface area (Å²) in [5, 5.41) is 0. The molecule has 1 aromatic heterocycles. The highest BCUT2D eigenvalue weighted by molar-refractivity contribution is 6.34. The lowest BCUT2D eigenvalue weighted by Gasteiger charge is -2.13. The number of benzene rings is 1. The first-order chi connectivity index (χ1) is 9.08. The number of anilines is 1. The van der Waals surface area contributed by atoms with Crippen LogP contribution >= 0.6 is 0 Å². The van der Waals surface area contributed by atoms with Crippen molar-refractivity contribution < 1.29 is 9.59 Å². The largest absolute Gasteiger partial charge is 0.268 e. The molecule has 2 heterocycles. The fourth-order valence-corrected chi connectivity index (χ4v) is 2.33. The van der Waals surface area contributed by atoms with Crippen molar-refractivity contribution in [1.82, 2.24) is 4.98 Å². The number of aryl methyl sites for hydroxylation is 2. The van der Waals surface area contributed by atoms with Gasteiger partial charge in [-0.2, -0.15) is 0 Å². The molecule has 1 aliphatic rings. The molecule has 0 saturated heterocycles. The SMILES string of the molecule is Cc1cc(C)nc(N2C(=O)c3ccccc3C2=O)c1. The van der Waals surface area contributed by atoms with Crippen LogP contribution in [0.15, 0.2) is 36.4 Å². The monoisotopic (exact) mass is 252 g/mol. The molecule has 0 saturated carbocycles. The minimum Gasteiger partial charge on any atom is -0.268 e. The summed E-state index contributed by atoms with van der Waals surface area (Å²) in [6.07, 6.45) is 0. The average molecular weight is 252 g/mol.